The highest BCUT2D eigenvalue weighted by Gasteiger charge is 2.22. The number of aromatic nitrogens is 3. The number of imidazole rings is 1. The zero-order valence-corrected chi connectivity index (χ0v) is 16.2. The Bertz CT molecular complexity index is 1170. The molecule has 0 aliphatic heterocycles. The first-order valence-corrected chi connectivity index (χ1v) is 10.7. The number of benzene rings is 1. The maximum atomic E-state index is 12.4. The number of sulfone groups is 1. The Morgan fingerprint density at radius 3 is 2.78 bits per heavy atom. The average Bonchev–Trinajstić information content (AvgIpc) is 3.36. The van der Waals surface area contributed by atoms with Crippen LogP contribution in [0.5, 0.6) is 0 Å². The number of aryl methyl sites for hydroxylation is 1. The van der Waals surface area contributed by atoms with Crippen LogP contribution in [-0.2, 0) is 16.9 Å². The van der Waals surface area contributed by atoms with E-state index in [0.717, 1.165) is 23.5 Å². The molecule has 1 aliphatic rings. The van der Waals surface area contributed by atoms with Crippen LogP contribution < -0.4 is 10.9 Å². The third-order valence-corrected chi connectivity index (χ3v) is 6.77. The maximum absolute atomic E-state index is 12.4. The van der Waals surface area contributed by atoms with E-state index in [2.05, 4.69) is 10.3 Å². The molecule has 7 nitrogen and oxygen atoms in total. The molecule has 1 saturated carbocycles. The van der Waals surface area contributed by atoms with E-state index in [-0.39, 0.29) is 16.2 Å². The molecule has 0 amide bonds. The number of hydrogen-bond acceptors (Lipinski definition) is 5. The SMILES string of the molecule is CCS(=O)(=O)c1ccc(NCC2CC2)c(-c2cn(C)c(=O)c3cncn23)c1. The van der Waals surface area contributed by atoms with Crippen LogP contribution in [0.25, 0.3) is 16.8 Å². The van der Waals surface area contributed by atoms with Gasteiger partial charge in [-0.05, 0) is 37.0 Å². The molecule has 0 saturated heterocycles. The third kappa shape index (κ3) is 3.25. The molecule has 1 aromatic carbocycles. The van der Waals surface area contributed by atoms with Crippen molar-refractivity contribution in [2.24, 2.45) is 13.0 Å². The van der Waals surface area contributed by atoms with Crippen LogP contribution in [0.3, 0.4) is 0 Å². The highest BCUT2D eigenvalue weighted by Crippen LogP contribution is 2.34. The molecule has 3 aromatic rings. The van der Waals surface area contributed by atoms with Crippen LogP contribution in [0.4, 0.5) is 5.69 Å². The van der Waals surface area contributed by atoms with Gasteiger partial charge in [0.05, 0.1) is 28.9 Å². The van der Waals surface area contributed by atoms with Crippen molar-refractivity contribution in [3.05, 3.63) is 47.3 Å². The van der Waals surface area contributed by atoms with E-state index in [1.54, 1.807) is 43.0 Å². The summed E-state index contributed by atoms with van der Waals surface area (Å²) in [6, 6.07) is 5.14. The van der Waals surface area contributed by atoms with Gasteiger partial charge in [0.1, 0.15) is 5.52 Å². The second-order valence-corrected chi connectivity index (χ2v) is 9.29. The number of nitrogens with one attached hydrogen (secondary N) is 1. The maximum Gasteiger partial charge on any atom is 0.276 e. The van der Waals surface area contributed by atoms with Crippen molar-refractivity contribution in [1.29, 1.82) is 0 Å². The highest BCUT2D eigenvalue weighted by atomic mass is 32.2. The molecule has 2 heterocycles. The lowest BCUT2D eigenvalue weighted by Crippen LogP contribution is -2.19. The first-order valence-electron chi connectivity index (χ1n) is 9.03. The third-order valence-electron chi connectivity index (χ3n) is 5.04. The van der Waals surface area contributed by atoms with Gasteiger partial charge < -0.3 is 9.88 Å². The van der Waals surface area contributed by atoms with Gasteiger partial charge in [0, 0.05) is 31.0 Å². The number of rotatable bonds is 6. The summed E-state index contributed by atoms with van der Waals surface area (Å²) in [5.41, 5.74) is 2.61. The fraction of sp³-hybridized carbons (Fsp3) is 0.368. The minimum atomic E-state index is -3.34. The predicted octanol–water partition coefficient (Wildman–Crippen LogP) is 2.32. The lowest BCUT2D eigenvalue weighted by atomic mass is 10.1. The van der Waals surface area contributed by atoms with Gasteiger partial charge in [-0.25, -0.2) is 13.4 Å². The molecule has 4 rings (SSSR count). The molecule has 1 fully saturated rings. The molecule has 142 valence electrons. The van der Waals surface area contributed by atoms with Crippen molar-refractivity contribution in [2.45, 2.75) is 24.7 Å². The zero-order chi connectivity index (χ0) is 19.2. The van der Waals surface area contributed by atoms with E-state index < -0.39 is 9.84 Å². The lowest BCUT2D eigenvalue weighted by Gasteiger charge is -2.16. The van der Waals surface area contributed by atoms with Gasteiger partial charge in [-0.3, -0.25) is 9.20 Å². The molecular weight excluding hydrogens is 364 g/mol. The predicted molar refractivity (Wildman–Crippen MR) is 105 cm³/mol. The Kier molecular flexibility index (Phi) is 4.30. The van der Waals surface area contributed by atoms with Crippen molar-refractivity contribution in [1.82, 2.24) is 14.0 Å². The van der Waals surface area contributed by atoms with Gasteiger partial charge in [-0.15, -0.1) is 0 Å². The van der Waals surface area contributed by atoms with Gasteiger partial charge in [0.25, 0.3) is 5.56 Å². The summed E-state index contributed by atoms with van der Waals surface area (Å²) in [6.45, 7) is 2.49. The van der Waals surface area contributed by atoms with E-state index in [0.29, 0.717) is 11.4 Å². The van der Waals surface area contributed by atoms with Crippen LogP contribution >= 0.6 is 0 Å². The fourth-order valence-corrected chi connectivity index (χ4v) is 4.06. The Balaban J connectivity index is 1.93. The largest absolute Gasteiger partial charge is 0.384 e. The Morgan fingerprint density at radius 2 is 2.07 bits per heavy atom. The molecule has 27 heavy (non-hydrogen) atoms. The van der Waals surface area contributed by atoms with Crippen LogP contribution in [0, 0.1) is 5.92 Å². The van der Waals surface area contributed by atoms with E-state index in [4.69, 9.17) is 0 Å². The first kappa shape index (κ1) is 17.8. The average molecular weight is 386 g/mol. The topological polar surface area (TPSA) is 85.5 Å². The van der Waals surface area contributed by atoms with Gasteiger partial charge in [0.2, 0.25) is 0 Å². The normalized spacial score (nSPS) is 14.6. The van der Waals surface area contributed by atoms with Gasteiger partial charge >= 0.3 is 0 Å². The molecule has 1 aliphatic carbocycles. The minimum Gasteiger partial charge on any atom is -0.384 e. The minimum absolute atomic E-state index is 0.0368. The number of fused-ring (bicyclic) bond motifs is 1. The molecule has 0 atom stereocenters. The molecule has 8 heteroatoms. The zero-order valence-electron chi connectivity index (χ0n) is 15.3. The molecule has 0 unspecified atom stereocenters. The van der Waals surface area contributed by atoms with E-state index in [9.17, 15) is 13.2 Å². The van der Waals surface area contributed by atoms with Crippen LogP contribution in [0.15, 0.2) is 46.6 Å². The smallest absolute Gasteiger partial charge is 0.276 e. The summed E-state index contributed by atoms with van der Waals surface area (Å²) in [7, 11) is -1.66. The Morgan fingerprint density at radius 1 is 1.30 bits per heavy atom. The fourth-order valence-electron chi connectivity index (χ4n) is 3.16. The molecule has 0 radical (unpaired) electrons. The standard InChI is InChI=1S/C19H22N4O3S/c1-3-27(25,26)14-6-7-16(21-9-13-4-5-13)15(8-14)18-11-22(2)19(24)17-10-20-12-23(17)18/h6-8,10-13,21H,3-5,9H2,1-2H3. The van der Waals surface area contributed by atoms with E-state index in [1.165, 1.54) is 23.6 Å². The summed E-state index contributed by atoms with van der Waals surface area (Å²) in [5.74, 6) is 0.708. The summed E-state index contributed by atoms with van der Waals surface area (Å²) < 4.78 is 28.0. The molecule has 0 spiro atoms. The second-order valence-electron chi connectivity index (χ2n) is 7.01. The number of hydrogen-bond donors (Lipinski definition) is 1. The molecular formula is C19H22N4O3S. The summed E-state index contributed by atoms with van der Waals surface area (Å²) >= 11 is 0. The monoisotopic (exact) mass is 386 g/mol. The van der Waals surface area contributed by atoms with Crippen LogP contribution in [-0.4, -0.2) is 34.7 Å². The Labute approximate surface area is 157 Å². The summed E-state index contributed by atoms with van der Waals surface area (Å²) in [4.78, 5) is 16.7. The van der Waals surface area contributed by atoms with E-state index >= 15 is 0 Å². The van der Waals surface area contributed by atoms with Crippen LogP contribution in [0.2, 0.25) is 0 Å². The van der Waals surface area contributed by atoms with Crippen molar-refractivity contribution < 1.29 is 8.42 Å². The summed E-state index contributed by atoms with van der Waals surface area (Å²) in [6.07, 6.45) is 7.26. The first-order chi connectivity index (χ1) is 12.9. The van der Waals surface area contributed by atoms with Crippen molar-refractivity contribution in [3.63, 3.8) is 0 Å². The number of nitrogens with zero attached hydrogens (tertiary/aromatic N) is 3. The van der Waals surface area contributed by atoms with Crippen molar-refractivity contribution >= 4 is 21.0 Å². The lowest BCUT2D eigenvalue weighted by molar-refractivity contribution is 0.597. The van der Waals surface area contributed by atoms with Crippen LogP contribution in [0.1, 0.15) is 19.8 Å². The number of anilines is 1. The second kappa shape index (κ2) is 6.53. The van der Waals surface area contributed by atoms with Crippen molar-refractivity contribution in [3.8, 4) is 11.3 Å². The summed E-state index contributed by atoms with van der Waals surface area (Å²) in [5, 5.41) is 3.45. The van der Waals surface area contributed by atoms with Gasteiger partial charge in [-0.2, -0.15) is 0 Å². The van der Waals surface area contributed by atoms with Crippen molar-refractivity contribution in [2.75, 3.05) is 17.6 Å². The molecule has 1 N–H and O–H groups in total. The molecule has 2 aromatic heterocycles. The quantitative estimate of drug-likeness (QED) is 0.703. The van der Waals surface area contributed by atoms with Gasteiger partial charge in [0.15, 0.2) is 9.84 Å². The van der Waals surface area contributed by atoms with E-state index in [1.807, 2.05) is 6.07 Å². The van der Waals surface area contributed by atoms with Gasteiger partial charge in [-0.1, -0.05) is 6.92 Å². The Hall–Kier alpha value is -2.61. The highest BCUT2D eigenvalue weighted by molar-refractivity contribution is 7.91. The molecule has 0 bridgehead atoms.